The Hall–Kier alpha value is -1.67. The normalized spacial score (nSPS) is 10.0. The van der Waals surface area contributed by atoms with Crippen molar-refractivity contribution in [2.24, 2.45) is 0 Å². The minimum Gasteiger partial charge on any atom is -0.484 e. The maximum atomic E-state index is 11.9. The predicted octanol–water partition coefficient (Wildman–Crippen LogP) is 3.80. The molecule has 2 rings (SSSR count). The monoisotopic (exact) mass is 440 g/mol. The number of carbonyl (C=O) groups is 1. The van der Waals surface area contributed by atoms with Crippen molar-refractivity contribution in [3.8, 4) is 5.75 Å². The number of nitrogens with one attached hydrogen (secondary N) is 2. The molecule has 120 valence electrons. The highest BCUT2D eigenvalue weighted by atomic mass is 127. The van der Waals surface area contributed by atoms with E-state index in [0.717, 1.165) is 20.4 Å². The molecule has 0 aliphatic rings. The van der Waals surface area contributed by atoms with Gasteiger partial charge in [0, 0.05) is 9.26 Å². The van der Waals surface area contributed by atoms with Gasteiger partial charge in [0.2, 0.25) is 0 Å². The Labute approximate surface area is 154 Å². The molecule has 6 heteroatoms. The number of thiocarbonyl (C=S) groups is 1. The lowest BCUT2D eigenvalue weighted by molar-refractivity contribution is -0.121. The average molecular weight is 440 g/mol. The number of amides is 1. The van der Waals surface area contributed by atoms with Crippen LogP contribution in [-0.2, 0) is 4.79 Å². The first kappa shape index (κ1) is 17.7. The number of hydrogen-bond acceptors (Lipinski definition) is 3. The number of benzene rings is 2. The number of hydrogen-bond donors (Lipinski definition) is 2. The van der Waals surface area contributed by atoms with E-state index in [1.807, 2.05) is 56.3 Å². The maximum Gasteiger partial charge on any atom is 0.264 e. The Morgan fingerprint density at radius 3 is 2.35 bits per heavy atom. The molecule has 2 aromatic carbocycles. The van der Waals surface area contributed by atoms with E-state index in [9.17, 15) is 4.79 Å². The van der Waals surface area contributed by atoms with Gasteiger partial charge < -0.3 is 10.1 Å². The first-order valence-corrected chi connectivity index (χ1v) is 8.48. The molecule has 0 unspecified atom stereocenters. The predicted molar refractivity (Wildman–Crippen MR) is 105 cm³/mol. The van der Waals surface area contributed by atoms with Crippen LogP contribution in [-0.4, -0.2) is 17.6 Å². The third kappa shape index (κ3) is 6.15. The fourth-order valence-corrected chi connectivity index (χ4v) is 2.61. The van der Waals surface area contributed by atoms with Crippen LogP contribution in [0.25, 0.3) is 0 Å². The molecular weight excluding hydrogens is 423 g/mol. The molecule has 1 amide bonds. The zero-order chi connectivity index (χ0) is 16.8. The summed E-state index contributed by atoms with van der Waals surface area (Å²) in [5, 5.41) is 5.80. The second kappa shape index (κ2) is 8.26. The van der Waals surface area contributed by atoms with E-state index >= 15 is 0 Å². The van der Waals surface area contributed by atoms with Crippen LogP contribution in [0.2, 0.25) is 0 Å². The molecule has 0 saturated heterocycles. The van der Waals surface area contributed by atoms with Crippen molar-refractivity contribution in [2.75, 3.05) is 11.9 Å². The molecule has 23 heavy (non-hydrogen) atoms. The SMILES string of the molecule is Cc1cc(C)cc(OCC(=O)NC(=S)Nc2ccc(I)cc2)c1. The van der Waals surface area contributed by atoms with Crippen LogP contribution in [0.3, 0.4) is 0 Å². The van der Waals surface area contributed by atoms with Crippen LogP contribution in [0.1, 0.15) is 11.1 Å². The van der Waals surface area contributed by atoms with Crippen molar-refractivity contribution >= 4 is 51.5 Å². The molecule has 2 N–H and O–H groups in total. The van der Waals surface area contributed by atoms with Gasteiger partial charge in [0.15, 0.2) is 11.7 Å². The van der Waals surface area contributed by atoms with Gasteiger partial charge in [-0.1, -0.05) is 6.07 Å². The summed E-state index contributed by atoms with van der Waals surface area (Å²) in [5.74, 6) is 0.376. The van der Waals surface area contributed by atoms with Gasteiger partial charge in [-0.05, 0) is 96.2 Å². The summed E-state index contributed by atoms with van der Waals surface area (Å²) in [4.78, 5) is 11.9. The Morgan fingerprint density at radius 2 is 1.74 bits per heavy atom. The molecule has 4 nitrogen and oxygen atoms in total. The zero-order valence-electron chi connectivity index (χ0n) is 12.9. The summed E-state index contributed by atoms with van der Waals surface area (Å²) in [6.07, 6.45) is 0. The number of rotatable bonds is 4. The number of carbonyl (C=O) groups excluding carboxylic acids is 1. The molecule has 0 aliphatic heterocycles. The topological polar surface area (TPSA) is 50.4 Å². The molecule has 0 heterocycles. The second-order valence-electron chi connectivity index (χ2n) is 5.12. The maximum absolute atomic E-state index is 11.9. The third-order valence-electron chi connectivity index (χ3n) is 2.92. The van der Waals surface area contributed by atoms with Gasteiger partial charge in [0.1, 0.15) is 5.75 Å². The number of anilines is 1. The minimum absolute atomic E-state index is 0.0859. The zero-order valence-corrected chi connectivity index (χ0v) is 15.8. The molecular formula is C17H17IN2O2S. The largest absolute Gasteiger partial charge is 0.484 e. The van der Waals surface area contributed by atoms with E-state index in [4.69, 9.17) is 17.0 Å². The molecule has 0 radical (unpaired) electrons. The molecule has 2 aromatic rings. The highest BCUT2D eigenvalue weighted by Gasteiger charge is 2.06. The summed E-state index contributed by atoms with van der Waals surface area (Å²) in [6.45, 7) is 3.89. The van der Waals surface area contributed by atoms with E-state index in [1.54, 1.807) is 0 Å². The van der Waals surface area contributed by atoms with Gasteiger partial charge in [-0.2, -0.15) is 0 Å². The number of aryl methyl sites for hydroxylation is 2. The summed E-state index contributed by atoms with van der Waals surface area (Å²) < 4.78 is 6.63. The summed E-state index contributed by atoms with van der Waals surface area (Å²) in [5.41, 5.74) is 3.01. The lowest BCUT2D eigenvalue weighted by Gasteiger charge is -2.11. The Bertz CT molecular complexity index is 697. The molecule has 0 aliphatic carbocycles. The lowest BCUT2D eigenvalue weighted by atomic mass is 10.1. The molecule has 0 fully saturated rings. The van der Waals surface area contributed by atoms with Crippen molar-refractivity contribution in [1.29, 1.82) is 0 Å². The first-order chi connectivity index (χ1) is 10.9. The van der Waals surface area contributed by atoms with Gasteiger partial charge in [-0.15, -0.1) is 0 Å². The summed E-state index contributed by atoms with van der Waals surface area (Å²) in [6, 6.07) is 13.5. The van der Waals surface area contributed by atoms with Crippen LogP contribution in [0.4, 0.5) is 5.69 Å². The van der Waals surface area contributed by atoms with Gasteiger partial charge >= 0.3 is 0 Å². The van der Waals surface area contributed by atoms with Gasteiger partial charge in [-0.3, -0.25) is 10.1 Å². The molecule has 0 atom stereocenters. The summed E-state index contributed by atoms with van der Waals surface area (Å²) in [7, 11) is 0. The van der Waals surface area contributed by atoms with Crippen molar-refractivity contribution in [3.63, 3.8) is 0 Å². The Balaban J connectivity index is 1.82. The van der Waals surface area contributed by atoms with Crippen LogP contribution >= 0.6 is 34.8 Å². The minimum atomic E-state index is -0.299. The standard InChI is InChI=1S/C17H17IN2O2S/c1-11-7-12(2)9-15(8-11)22-10-16(21)20-17(23)19-14-5-3-13(18)4-6-14/h3-9H,10H2,1-2H3,(H2,19,20,21,23). The molecule has 0 bridgehead atoms. The van der Waals surface area contributed by atoms with E-state index < -0.39 is 0 Å². The van der Waals surface area contributed by atoms with Crippen LogP contribution < -0.4 is 15.4 Å². The molecule has 0 saturated carbocycles. The van der Waals surface area contributed by atoms with Crippen LogP contribution in [0.15, 0.2) is 42.5 Å². The van der Waals surface area contributed by atoms with Crippen molar-refractivity contribution in [3.05, 3.63) is 57.2 Å². The number of ether oxygens (including phenoxy) is 1. The fourth-order valence-electron chi connectivity index (χ4n) is 2.02. The van der Waals surface area contributed by atoms with Gasteiger partial charge in [0.05, 0.1) is 0 Å². The van der Waals surface area contributed by atoms with Crippen LogP contribution in [0.5, 0.6) is 5.75 Å². The number of halogens is 1. The van der Waals surface area contributed by atoms with Gasteiger partial charge in [-0.25, -0.2) is 0 Å². The van der Waals surface area contributed by atoms with E-state index in [2.05, 4.69) is 33.2 Å². The van der Waals surface area contributed by atoms with E-state index in [-0.39, 0.29) is 17.6 Å². The van der Waals surface area contributed by atoms with Gasteiger partial charge in [0.25, 0.3) is 5.91 Å². The highest BCUT2D eigenvalue weighted by molar-refractivity contribution is 14.1. The van der Waals surface area contributed by atoms with Crippen molar-refractivity contribution in [1.82, 2.24) is 5.32 Å². The highest BCUT2D eigenvalue weighted by Crippen LogP contribution is 2.16. The molecule has 0 aromatic heterocycles. The smallest absolute Gasteiger partial charge is 0.264 e. The Morgan fingerprint density at radius 1 is 1.13 bits per heavy atom. The van der Waals surface area contributed by atoms with E-state index in [1.165, 1.54) is 0 Å². The quantitative estimate of drug-likeness (QED) is 0.561. The lowest BCUT2D eigenvalue weighted by Crippen LogP contribution is -2.37. The van der Waals surface area contributed by atoms with Crippen molar-refractivity contribution in [2.45, 2.75) is 13.8 Å². The first-order valence-electron chi connectivity index (χ1n) is 7.00. The second-order valence-corrected chi connectivity index (χ2v) is 6.78. The average Bonchev–Trinajstić information content (AvgIpc) is 2.46. The van der Waals surface area contributed by atoms with Crippen LogP contribution in [0, 0.1) is 17.4 Å². The fraction of sp³-hybridized carbons (Fsp3) is 0.176. The molecule has 0 spiro atoms. The third-order valence-corrected chi connectivity index (χ3v) is 3.84. The Kier molecular flexibility index (Phi) is 6.35. The van der Waals surface area contributed by atoms with Crippen molar-refractivity contribution < 1.29 is 9.53 Å². The summed E-state index contributed by atoms with van der Waals surface area (Å²) >= 11 is 7.34. The van der Waals surface area contributed by atoms with E-state index in [0.29, 0.717) is 5.75 Å².